The SMILES string of the molecule is CCOC(=O)C1=C(C(F)(F)F)N=c2s/c(=C\c3cc(I)cc(OC)c3OC)c(=O)n2[C@H]1c1ccc(Cl)cc1. The van der Waals surface area contributed by atoms with E-state index in [4.69, 9.17) is 25.8 Å². The first-order valence-corrected chi connectivity index (χ1v) is 13.2. The van der Waals surface area contributed by atoms with Crippen molar-refractivity contribution >= 4 is 57.6 Å². The number of alkyl halides is 3. The molecule has 2 heterocycles. The third-order valence-electron chi connectivity index (χ3n) is 5.54. The number of esters is 1. The summed E-state index contributed by atoms with van der Waals surface area (Å²) in [5, 5.41) is 0.332. The molecule has 0 saturated heterocycles. The van der Waals surface area contributed by atoms with Gasteiger partial charge in [0.15, 0.2) is 22.0 Å². The number of fused-ring (bicyclic) bond motifs is 1. The van der Waals surface area contributed by atoms with Crippen LogP contribution in [0.5, 0.6) is 11.5 Å². The molecule has 1 atom stereocenters. The number of thiazole rings is 1. The van der Waals surface area contributed by atoms with Gasteiger partial charge in [-0.1, -0.05) is 35.1 Å². The first kappa shape index (κ1) is 28.2. The molecule has 0 unspecified atom stereocenters. The molecule has 3 aromatic rings. The van der Waals surface area contributed by atoms with Crippen molar-refractivity contribution in [3.8, 4) is 11.5 Å². The van der Waals surface area contributed by atoms with E-state index in [0.29, 0.717) is 22.1 Å². The predicted molar refractivity (Wildman–Crippen MR) is 144 cm³/mol. The molecular weight excluding hydrogens is 660 g/mol. The number of ether oxygens (including phenoxy) is 3. The van der Waals surface area contributed by atoms with Crippen LogP contribution in [0.15, 0.2) is 57.5 Å². The molecule has 0 N–H and O–H groups in total. The normalized spacial score (nSPS) is 15.7. The second-order valence-corrected chi connectivity index (χ2v) is 10.5. The van der Waals surface area contributed by atoms with Crippen molar-refractivity contribution in [2.45, 2.75) is 19.1 Å². The van der Waals surface area contributed by atoms with Crippen molar-refractivity contribution in [1.82, 2.24) is 4.57 Å². The topological polar surface area (TPSA) is 79.1 Å². The first-order valence-electron chi connectivity index (χ1n) is 11.0. The van der Waals surface area contributed by atoms with Crippen LogP contribution in [0.3, 0.4) is 0 Å². The fraction of sp³-hybridized carbons (Fsp3) is 0.240. The molecule has 2 aromatic carbocycles. The van der Waals surface area contributed by atoms with Gasteiger partial charge < -0.3 is 14.2 Å². The first-order chi connectivity index (χ1) is 18.0. The molecule has 38 heavy (non-hydrogen) atoms. The summed E-state index contributed by atoms with van der Waals surface area (Å²) in [7, 11) is 2.90. The van der Waals surface area contributed by atoms with E-state index in [0.717, 1.165) is 19.5 Å². The molecule has 1 aliphatic rings. The van der Waals surface area contributed by atoms with E-state index in [1.165, 1.54) is 51.5 Å². The standard InChI is InChI=1S/C25H19ClF3IN2O5S/c1-4-37-23(34)18-19(12-5-7-14(26)8-6-12)32-22(33)17(38-24(32)31-21(18)25(27,28)29)10-13-9-15(30)11-16(35-2)20(13)36-3/h5-11,19H,4H2,1-3H3/b17-10-/t19-/m0/s1. The van der Waals surface area contributed by atoms with E-state index in [-0.39, 0.29) is 21.5 Å². The lowest BCUT2D eigenvalue weighted by Crippen LogP contribution is -2.41. The van der Waals surface area contributed by atoms with Crippen molar-refractivity contribution in [3.63, 3.8) is 0 Å². The van der Waals surface area contributed by atoms with Gasteiger partial charge in [0.25, 0.3) is 5.56 Å². The lowest BCUT2D eigenvalue weighted by molar-refractivity contribution is -0.140. The van der Waals surface area contributed by atoms with E-state index >= 15 is 0 Å². The van der Waals surface area contributed by atoms with E-state index in [1.54, 1.807) is 12.1 Å². The Morgan fingerprint density at radius 1 is 1.21 bits per heavy atom. The largest absolute Gasteiger partial charge is 0.493 e. The minimum atomic E-state index is -4.99. The Balaban J connectivity index is 2.07. The summed E-state index contributed by atoms with van der Waals surface area (Å²) in [5.41, 5.74) is -2.14. The molecule has 4 rings (SSSR count). The van der Waals surface area contributed by atoms with Crippen LogP contribution < -0.4 is 24.4 Å². The second kappa shape index (κ2) is 11.1. The van der Waals surface area contributed by atoms with Gasteiger partial charge in [-0.15, -0.1) is 0 Å². The predicted octanol–water partition coefficient (Wildman–Crippen LogP) is 4.62. The van der Waals surface area contributed by atoms with Crippen LogP contribution in [-0.2, 0) is 9.53 Å². The highest BCUT2D eigenvalue weighted by molar-refractivity contribution is 14.1. The van der Waals surface area contributed by atoms with Gasteiger partial charge >= 0.3 is 12.1 Å². The Morgan fingerprint density at radius 2 is 1.89 bits per heavy atom. The van der Waals surface area contributed by atoms with Crippen molar-refractivity contribution in [2.24, 2.45) is 4.99 Å². The molecule has 0 radical (unpaired) electrons. The molecule has 200 valence electrons. The lowest BCUT2D eigenvalue weighted by atomic mass is 9.95. The number of benzene rings is 2. The zero-order chi connectivity index (χ0) is 27.8. The third-order valence-corrected chi connectivity index (χ3v) is 7.40. The van der Waals surface area contributed by atoms with Crippen molar-refractivity contribution < 1.29 is 32.2 Å². The van der Waals surface area contributed by atoms with Crippen LogP contribution >= 0.6 is 45.5 Å². The Morgan fingerprint density at radius 3 is 2.47 bits per heavy atom. The number of allylic oxidation sites excluding steroid dienone is 1. The van der Waals surface area contributed by atoms with Crippen molar-refractivity contribution in [2.75, 3.05) is 20.8 Å². The molecule has 1 aliphatic heterocycles. The summed E-state index contributed by atoms with van der Waals surface area (Å²) in [6.07, 6.45) is -3.50. The number of hydrogen-bond acceptors (Lipinski definition) is 7. The molecule has 0 fully saturated rings. The molecule has 0 spiro atoms. The summed E-state index contributed by atoms with van der Waals surface area (Å²) < 4.78 is 60.4. The maximum atomic E-state index is 14.2. The van der Waals surface area contributed by atoms with Crippen LogP contribution in [0.1, 0.15) is 24.1 Å². The highest BCUT2D eigenvalue weighted by Gasteiger charge is 2.45. The summed E-state index contributed by atoms with van der Waals surface area (Å²) in [4.78, 5) is 30.1. The van der Waals surface area contributed by atoms with Crippen molar-refractivity contribution in [3.05, 3.63) is 87.1 Å². The second-order valence-electron chi connectivity index (χ2n) is 7.85. The van der Waals surface area contributed by atoms with Gasteiger partial charge in [0.05, 0.1) is 37.0 Å². The average molecular weight is 679 g/mol. The molecule has 0 aliphatic carbocycles. The fourth-order valence-electron chi connectivity index (χ4n) is 4.01. The van der Waals surface area contributed by atoms with Gasteiger partial charge in [-0.2, -0.15) is 13.2 Å². The Hall–Kier alpha value is -2.84. The van der Waals surface area contributed by atoms with Crippen LogP contribution in [0.2, 0.25) is 5.02 Å². The summed E-state index contributed by atoms with van der Waals surface area (Å²) >= 11 is 8.83. The number of nitrogens with zero attached hydrogens (tertiary/aromatic N) is 2. The van der Waals surface area contributed by atoms with E-state index < -0.39 is 35.0 Å². The number of carbonyl (C=O) groups excluding carboxylic acids is 1. The molecule has 0 saturated carbocycles. The minimum Gasteiger partial charge on any atom is -0.493 e. The summed E-state index contributed by atoms with van der Waals surface area (Å²) in [5.74, 6) is -0.459. The van der Waals surface area contributed by atoms with Gasteiger partial charge in [-0.05, 0) is 65.4 Å². The van der Waals surface area contributed by atoms with Gasteiger partial charge in [0.1, 0.15) is 0 Å². The number of aromatic nitrogens is 1. The lowest BCUT2D eigenvalue weighted by Gasteiger charge is -2.26. The molecule has 1 aromatic heterocycles. The monoisotopic (exact) mass is 678 g/mol. The zero-order valence-electron chi connectivity index (χ0n) is 20.1. The number of hydrogen-bond donors (Lipinski definition) is 0. The highest BCUT2D eigenvalue weighted by Crippen LogP contribution is 2.39. The molecule has 7 nitrogen and oxygen atoms in total. The van der Waals surface area contributed by atoms with Crippen LogP contribution in [0.25, 0.3) is 6.08 Å². The molecule has 0 bridgehead atoms. The zero-order valence-corrected chi connectivity index (χ0v) is 23.8. The van der Waals surface area contributed by atoms with Gasteiger partial charge in [-0.3, -0.25) is 9.36 Å². The number of carbonyl (C=O) groups is 1. The third kappa shape index (κ3) is 5.34. The van der Waals surface area contributed by atoms with E-state index in [1.807, 2.05) is 0 Å². The Labute approximate surface area is 237 Å². The minimum absolute atomic E-state index is 0.0803. The maximum absolute atomic E-state index is 14.2. The van der Waals surface area contributed by atoms with Crippen molar-refractivity contribution in [1.29, 1.82) is 0 Å². The van der Waals surface area contributed by atoms with Gasteiger partial charge in [-0.25, -0.2) is 9.79 Å². The number of halogens is 5. The maximum Gasteiger partial charge on any atom is 0.434 e. The summed E-state index contributed by atoms with van der Waals surface area (Å²) in [6, 6.07) is 7.86. The van der Waals surface area contributed by atoms with Crippen LogP contribution in [-0.4, -0.2) is 37.5 Å². The summed E-state index contributed by atoms with van der Waals surface area (Å²) in [6.45, 7) is 1.31. The van der Waals surface area contributed by atoms with Gasteiger partial charge in [0, 0.05) is 14.2 Å². The molecule has 0 amide bonds. The number of methoxy groups -OCH3 is 2. The fourth-order valence-corrected chi connectivity index (χ4v) is 5.74. The highest BCUT2D eigenvalue weighted by atomic mass is 127. The van der Waals surface area contributed by atoms with Gasteiger partial charge in [0.2, 0.25) is 0 Å². The smallest absolute Gasteiger partial charge is 0.434 e. The van der Waals surface area contributed by atoms with Crippen LogP contribution in [0.4, 0.5) is 13.2 Å². The molecule has 13 heteroatoms. The number of rotatable bonds is 6. The Kier molecular flexibility index (Phi) is 8.23. The average Bonchev–Trinajstić information content (AvgIpc) is 3.17. The van der Waals surface area contributed by atoms with E-state index in [9.17, 15) is 22.8 Å². The van der Waals surface area contributed by atoms with E-state index in [2.05, 4.69) is 27.6 Å². The molecular formula is C25H19ClF3IN2O5S. The Bertz CT molecular complexity index is 1610. The quantitative estimate of drug-likeness (QED) is 0.281. The van der Waals surface area contributed by atoms with Crippen LogP contribution in [0, 0.1) is 3.57 Å².